The highest BCUT2D eigenvalue weighted by Gasteiger charge is 2.08. The van der Waals surface area contributed by atoms with E-state index < -0.39 is 12.0 Å². The molecule has 0 aliphatic heterocycles. The lowest BCUT2D eigenvalue weighted by atomic mass is 10.1. The van der Waals surface area contributed by atoms with Gasteiger partial charge >= 0.3 is 6.16 Å². The van der Waals surface area contributed by atoms with Crippen molar-refractivity contribution < 1.29 is 18.7 Å². The predicted octanol–water partition coefficient (Wildman–Crippen LogP) is 4.75. The molecule has 0 N–H and O–H groups in total. The van der Waals surface area contributed by atoms with Gasteiger partial charge in [0.25, 0.3) is 0 Å². The van der Waals surface area contributed by atoms with Crippen molar-refractivity contribution in [3.05, 3.63) is 59.9 Å². The molecule has 2 aromatic rings. The van der Waals surface area contributed by atoms with E-state index in [-0.39, 0.29) is 5.75 Å². The van der Waals surface area contributed by atoms with Crippen LogP contribution in [0, 0.1) is 5.82 Å². The van der Waals surface area contributed by atoms with Gasteiger partial charge in [-0.15, -0.1) is 0 Å². The quantitative estimate of drug-likeness (QED) is 0.588. The molecule has 3 nitrogen and oxygen atoms in total. The number of aryl methyl sites for hydroxylation is 1. The molecular weight excluding hydrogens is 271 g/mol. The van der Waals surface area contributed by atoms with Gasteiger partial charge in [-0.25, -0.2) is 9.18 Å². The van der Waals surface area contributed by atoms with Crippen molar-refractivity contribution in [1.82, 2.24) is 0 Å². The molecule has 4 heteroatoms. The molecule has 0 amide bonds. The van der Waals surface area contributed by atoms with E-state index in [0.29, 0.717) is 5.75 Å². The van der Waals surface area contributed by atoms with E-state index in [0.717, 1.165) is 19.3 Å². The van der Waals surface area contributed by atoms with E-state index >= 15 is 0 Å². The molecule has 0 aliphatic carbocycles. The summed E-state index contributed by atoms with van der Waals surface area (Å²) in [6.07, 6.45) is 2.44. The van der Waals surface area contributed by atoms with Crippen LogP contribution in [0.15, 0.2) is 48.5 Å². The second kappa shape index (κ2) is 7.43. The van der Waals surface area contributed by atoms with Crippen LogP contribution in [-0.2, 0) is 6.42 Å². The minimum Gasteiger partial charge on any atom is -0.395 e. The third-order valence-electron chi connectivity index (χ3n) is 2.96. The Morgan fingerprint density at radius 2 is 1.48 bits per heavy atom. The monoisotopic (exact) mass is 288 g/mol. The Hall–Kier alpha value is -2.36. The molecule has 0 aromatic heterocycles. The first-order valence-electron chi connectivity index (χ1n) is 6.91. The number of rotatable bonds is 5. The lowest BCUT2D eigenvalue weighted by Gasteiger charge is -2.06. The Morgan fingerprint density at radius 1 is 0.952 bits per heavy atom. The zero-order valence-corrected chi connectivity index (χ0v) is 11.8. The molecule has 0 aliphatic rings. The van der Waals surface area contributed by atoms with E-state index in [4.69, 9.17) is 9.47 Å². The molecule has 0 atom stereocenters. The largest absolute Gasteiger partial charge is 0.519 e. The fourth-order valence-corrected chi connectivity index (χ4v) is 1.82. The summed E-state index contributed by atoms with van der Waals surface area (Å²) in [4.78, 5) is 11.6. The molecule has 21 heavy (non-hydrogen) atoms. The van der Waals surface area contributed by atoms with E-state index in [2.05, 4.69) is 6.92 Å². The van der Waals surface area contributed by atoms with Gasteiger partial charge in [0.1, 0.15) is 17.3 Å². The molecule has 0 spiro atoms. The summed E-state index contributed by atoms with van der Waals surface area (Å²) in [5.41, 5.74) is 1.20. The average molecular weight is 288 g/mol. The minimum absolute atomic E-state index is 0.237. The number of ether oxygens (including phenoxy) is 2. The van der Waals surface area contributed by atoms with Gasteiger partial charge in [-0.2, -0.15) is 0 Å². The zero-order chi connectivity index (χ0) is 15.1. The fraction of sp³-hybridized carbons (Fsp3) is 0.235. The maximum atomic E-state index is 12.7. The number of hydrogen-bond acceptors (Lipinski definition) is 3. The molecule has 0 fully saturated rings. The molecule has 0 heterocycles. The molecule has 0 unspecified atom stereocenters. The molecule has 0 radical (unpaired) electrons. The lowest BCUT2D eigenvalue weighted by Crippen LogP contribution is -2.13. The van der Waals surface area contributed by atoms with Gasteiger partial charge in [-0.3, -0.25) is 0 Å². The average Bonchev–Trinajstić information content (AvgIpc) is 2.49. The van der Waals surface area contributed by atoms with E-state index in [1.807, 2.05) is 12.1 Å². The number of benzene rings is 2. The van der Waals surface area contributed by atoms with Gasteiger partial charge < -0.3 is 9.47 Å². The van der Waals surface area contributed by atoms with Crippen molar-refractivity contribution in [2.24, 2.45) is 0 Å². The summed E-state index contributed by atoms with van der Waals surface area (Å²) in [6.45, 7) is 2.14. The summed E-state index contributed by atoms with van der Waals surface area (Å²) < 4.78 is 22.7. The molecule has 2 rings (SSSR count). The van der Waals surface area contributed by atoms with Crippen LogP contribution in [0.2, 0.25) is 0 Å². The highest BCUT2D eigenvalue weighted by atomic mass is 19.1. The second-order valence-electron chi connectivity index (χ2n) is 4.66. The predicted molar refractivity (Wildman–Crippen MR) is 78.1 cm³/mol. The van der Waals surface area contributed by atoms with Gasteiger partial charge in [-0.05, 0) is 54.8 Å². The minimum atomic E-state index is -0.845. The smallest absolute Gasteiger partial charge is 0.395 e. The summed E-state index contributed by atoms with van der Waals surface area (Å²) in [7, 11) is 0. The van der Waals surface area contributed by atoms with E-state index in [1.54, 1.807) is 12.1 Å². The Kier molecular flexibility index (Phi) is 5.32. The highest BCUT2D eigenvalue weighted by Crippen LogP contribution is 2.16. The molecule has 2 aromatic carbocycles. The van der Waals surface area contributed by atoms with E-state index in [9.17, 15) is 9.18 Å². The number of unbranched alkanes of at least 4 members (excludes halogenated alkanes) is 1. The first kappa shape index (κ1) is 15.0. The van der Waals surface area contributed by atoms with Gasteiger partial charge in [-0.1, -0.05) is 25.5 Å². The second-order valence-corrected chi connectivity index (χ2v) is 4.66. The molecule has 0 bridgehead atoms. The van der Waals surface area contributed by atoms with Crippen LogP contribution in [0.3, 0.4) is 0 Å². The normalized spacial score (nSPS) is 10.2. The summed E-state index contributed by atoms with van der Waals surface area (Å²) in [6, 6.07) is 12.5. The summed E-state index contributed by atoms with van der Waals surface area (Å²) >= 11 is 0. The molecule has 0 saturated carbocycles. The Labute approximate surface area is 123 Å². The summed E-state index contributed by atoms with van der Waals surface area (Å²) in [5.74, 6) is 0.265. The van der Waals surface area contributed by atoms with Crippen LogP contribution >= 0.6 is 0 Å². The first-order chi connectivity index (χ1) is 10.2. The van der Waals surface area contributed by atoms with Gasteiger partial charge in [0.05, 0.1) is 0 Å². The summed E-state index contributed by atoms with van der Waals surface area (Å²) in [5, 5.41) is 0. The maximum absolute atomic E-state index is 12.7. The SMILES string of the molecule is CCCCc1ccc(OC(=O)Oc2ccc(F)cc2)cc1. The highest BCUT2D eigenvalue weighted by molar-refractivity contribution is 5.67. The van der Waals surface area contributed by atoms with Crippen molar-refractivity contribution in [1.29, 1.82) is 0 Å². The van der Waals surface area contributed by atoms with Crippen LogP contribution in [0.1, 0.15) is 25.3 Å². The lowest BCUT2D eigenvalue weighted by molar-refractivity contribution is 0.152. The number of carbonyl (C=O) groups excluding carboxylic acids is 1. The van der Waals surface area contributed by atoms with Crippen LogP contribution in [-0.4, -0.2) is 6.16 Å². The molecule has 0 saturated heterocycles. The van der Waals surface area contributed by atoms with Crippen molar-refractivity contribution in [2.75, 3.05) is 0 Å². The first-order valence-corrected chi connectivity index (χ1v) is 6.91. The zero-order valence-electron chi connectivity index (χ0n) is 11.8. The van der Waals surface area contributed by atoms with Crippen LogP contribution < -0.4 is 9.47 Å². The van der Waals surface area contributed by atoms with Crippen molar-refractivity contribution in [3.8, 4) is 11.5 Å². The fourth-order valence-electron chi connectivity index (χ4n) is 1.82. The number of halogens is 1. The number of hydrogen-bond donors (Lipinski definition) is 0. The van der Waals surface area contributed by atoms with Crippen LogP contribution in [0.4, 0.5) is 9.18 Å². The maximum Gasteiger partial charge on any atom is 0.519 e. The van der Waals surface area contributed by atoms with Gasteiger partial charge in [0, 0.05) is 0 Å². The molecule has 110 valence electrons. The van der Waals surface area contributed by atoms with Crippen molar-refractivity contribution >= 4 is 6.16 Å². The third-order valence-corrected chi connectivity index (χ3v) is 2.96. The Balaban J connectivity index is 1.88. The van der Waals surface area contributed by atoms with E-state index in [1.165, 1.54) is 29.8 Å². The van der Waals surface area contributed by atoms with Crippen molar-refractivity contribution in [3.63, 3.8) is 0 Å². The Morgan fingerprint density at radius 3 is 2.00 bits per heavy atom. The van der Waals surface area contributed by atoms with Gasteiger partial charge in [0.15, 0.2) is 0 Å². The molecular formula is C17H17FO3. The standard InChI is InChI=1S/C17H17FO3/c1-2-3-4-13-5-9-15(10-6-13)20-17(19)21-16-11-7-14(18)8-12-16/h5-12H,2-4H2,1H3. The van der Waals surface area contributed by atoms with Gasteiger partial charge in [0.2, 0.25) is 0 Å². The number of carbonyl (C=O) groups is 1. The Bertz CT molecular complexity index is 576. The topological polar surface area (TPSA) is 35.5 Å². The van der Waals surface area contributed by atoms with Crippen LogP contribution in [0.5, 0.6) is 11.5 Å². The van der Waals surface area contributed by atoms with Crippen LogP contribution in [0.25, 0.3) is 0 Å². The third kappa shape index (κ3) is 4.91. The van der Waals surface area contributed by atoms with Crippen molar-refractivity contribution in [2.45, 2.75) is 26.2 Å².